The Morgan fingerprint density at radius 1 is 1.00 bits per heavy atom. The van der Waals surface area contributed by atoms with Crippen molar-refractivity contribution in [3.8, 4) is 0 Å². The largest absolute Gasteiger partial charge is 0 e. The smallest absolute Gasteiger partial charge is 0 e. The van der Waals surface area contributed by atoms with Gasteiger partial charge in [0.25, 0.3) is 0 Å². The van der Waals surface area contributed by atoms with E-state index in [1.54, 1.807) is 0 Å². The van der Waals surface area contributed by atoms with Gasteiger partial charge in [-0.05, 0) is 0 Å². The van der Waals surface area contributed by atoms with Gasteiger partial charge < -0.3 is 0 Å². The van der Waals surface area contributed by atoms with E-state index in [9.17, 15) is 0 Å². The van der Waals surface area contributed by atoms with E-state index in [0.717, 1.165) is 0 Å². The van der Waals surface area contributed by atoms with Crippen LogP contribution in [0.15, 0.2) is 0 Å². The molecule has 0 amide bonds. The topological polar surface area (TPSA) is 0 Å². The Labute approximate surface area is 131 Å². The summed E-state index contributed by atoms with van der Waals surface area (Å²) in [6, 6.07) is 0. The second-order valence-electron chi connectivity index (χ2n) is 0. The standard InChI is InChI=1S/Bi.Hg.In.La.Zn.6H. The van der Waals surface area contributed by atoms with Crippen LogP contribution in [-0.2, 0) is 47.1 Å². The molecule has 0 nitrogen and oxygen atoms in total. The second-order valence-corrected chi connectivity index (χ2v) is 0. The Morgan fingerprint density at radius 2 is 1.00 bits per heavy atom. The zero-order valence-electron chi connectivity index (χ0n) is 2.70. The molecule has 5 heteroatoms. The van der Waals surface area contributed by atoms with Crippen LogP contribution in [0, 0.1) is 35.6 Å². The Morgan fingerprint density at radius 3 is 1.00 bits per heavy atom. The fourth-order valence-electron chi connectivity index (χ4n) is 0. The third-order valence-corrected chi connectivity index (χ3v) is 0. The zero-order valence-corrected chi connectivity index (χ0v) is 20.3. The van der Waals surface area contributed by atoms with Crippen molar-refractivity contribution in [2.45, 2.75) is 0 Å². The Bertz CT molecular complexity index is 11.6. The van der Waals surface area contributed by atoms with E-state index in [-0.39, 0.29) is 135 Å². The molecule has 0 N–H and O–H groups in total. The van der Waals surface area contributed by atoms with Crippen LogP contribution in [0.3, 0.4) is 0 Å². The molecule has 0 saturated heterocycles. The molecule has 0 aliphatic carbocycles. The van der Waals surface area contributed by atoms with Gasteiger partial charge >= 0.3 is 52.0 Å². The van der Waals surface area contributed by atoms with Crippen molar-refractivity contribution in [1.82, 2.24) is 0 Å². The van der Waals surface area contributed by atoms with Crippen LogP contribution in [0.25, 0.3) is 0 Å². The van der Waals surface area contributed by atoms with Crippen molar-refractivity contribution < 1.29 is 82.7 Å². The van der Waals surface area contributed by atoms with Gasteiger partial charge in [0.1, 0.15) is 0 Å². The third kappa shape index (κ3) is 17.7. The molecule has 0 unspecified atom stereocenters. The Kier molecular flexibility index (Phi) is 160. The molecule has 0 atom stereocenters. The van der Waals surface area contributed by atoms with E-state index < -0.39 is 0 Å². The van der Waals surface area contributed by atoms with E-state index in [2.05, 4.69) is 0 Å². The van der Waals surface area contributed by atoms with Gasteiger partial charge in [0.2, 0.25) is 0 Å². The van der Waals surface area contributed by atoms with Crippen molar-refractivity contribution in [2.75, 3.05) is 0 Å². The molecule has 0 fully saturated rings. The summed E-state index contributed by atoms with van der Waals surface area (Å²) in [7, 11) is 0. The molecule has 0 aromatic rings. The van der Waals surface area contributed by atoms with Crippen LogP contribution >= 0.6 is 0 Å². The van der Waals surface area contributed by atoms with E-state index in [0.29, 0.717) is 0 Å². The maximum absolute atomic E-state index is 0. The third-order valence-electron chi connectivity index (χ3n) is 0. The SMILES string of the molecule is [BiH3].[Hg].[InH3].[La].[Zn]. The molecule has 5 heavy (non-hydrogen) atoms. The summed E-state index contributed by atoms with van der Waals surface area (Å²) in [5.41, 5.74) is 0. The average Bonchev–Trinajstić information content (AvgIpc) is 0. The summed E-state index contributed by atoms with van der Waals surface area (Å²) < 4.78 is 0. The van der Waals surface area contributed by atoms with Gasteiger partial charge in [0.05, 0.1) is 0 Å². The minimum Gasteiger partial charge on any atom is 0 e. The van der Waals surface area contributed by atoms with Crippen LogP contribution in [0.2, 0.25) is 0 Å². The first-order valence-corrected chi connectivity index (χ1v) is 0. The Balaban J connectivity index is 0. The summed E-state index contributed by atoms with van der Waals surface area (Å²) in [5.74, 6) is 0. The van der Waals surface area contributed by atoms with E-state index in [1.165, 1.54) is 0 Å². The van der Waals surface area contributed by atoms with Gasteiger partial charge in [-0.25, -0.2) is 0 Å². The second kappa shape index (κ2) is 23.6. The van der Waals surface area contributed by atoms with Crippen molar-refractivity contribution in [2.24, 2.45) is 0 Å². The van der Waals surface area contributed by atoms with Crippen molar-refractivity contribution in [3.05, 3.63) is 0 Å². The minimum atomic E-state index is 0. The average molecular weight is 735 g/mol. The molecule has 0 spiro atoms. The van der Waals surface area contributed by atoms with Crippen LogP contribution in [-0.4, -0.2) is 52.0 Å². The van der Waals surface area contributed by atoms with Crippen LogP contribution in [0.4, 0.5) is 0 Å². The molecule has 0 heterocycles. The summed E-state index contributed by atoms with van der Waals surface area (Å²) in [6.07, 6.45) is 0. The van der Waals surface area contributed by atoms with Gasteiger partial charge in [-0.1, -0.05) is 0 Å². The predicted molar refractivity (Wildman–Crippen MR) is 19.9 cm³/mol. The predicted octanol–water partition coefficient (Wildman–Crippen LogP) is -2.37. The van der Waals surface area contributed by atoms with E-state index in [4.69, 9.17) is 0 Å². The fraction of sp³-hybridized carbons (Fsp3) is 0. The van der Waals surface area contributed by atoms with E-state index in [1.807, 2.05) is 0 Å². The summed E-state index contributed by atoms with van der Waals surface area (Å²) in [4.78, 5) is 0. The van der Waals surface area contributed by atoms with Gasteiger partial charge in [-0.2, -0.15) is 0 Å². The van der Waals surface area contributed by atoms with Crippen molar-refractivity contribution in [3.63, 3.8) is 0 Å². The van der Waals surface area contributed by atoms with Gasteiger partial charge in [0, 0.05) is 82.7 Å². The van der Waals surface area contributed by atoms with E-state index >= 15 is 0 Å². The zero-order chi connectivity index (χ0) is 0. The first-order chi connectivity index (χ1) is 0. The Hall–Kier alpha value is 4.51. The number of hydrogen-bond donors (Lipinski definition) is 0. The molecule has 0 aromatic heterocycles. The molecule has 1 radical (unpaired) electrons. The minimum absolute atomic E-state index is 0. The molecule has 21 valence electrons. The molecular weight excluding hydrogens is 729 g/mol. The van der Waals surface area contributed by atoms with Crippen LogP contribution in [0.1, 0.15) is 0 Å². The van der Waals surface area contributed by atoms with Crippen molar-refractivity contribution >= 4 is 52.0 Å². The van der Waals surface area contributed by atoms with Gasteiger partial charge in [-0.3, -0.25) is 0 Å². The first kappa shape index (κ1) is 33.9. The molecular formula is H6BiHgInLaZn. The molecule has 0 saturated carbocycles. The molecule has 0 aromatic carbocycles. The molecule has 0 aliphatic rings. The maximum Gasteiger partial charge on any atom is 0 e. The number of rotatable bonds is 0. The maximum atomic E-state index is 0. The van der Waals surface area contributed by atoms with Crippen LogP contribution < -0.4 is 0 Å². The molecule has 0 rings (SSSR count). The molecule has 0 bridgehead atoms. The summed E-state index contributed by atoms with van der Waals surface area (Å²) >= 11 is 0. The summed E-state index contributed by atoms with van der Waals surface area (Å²) in [6.45, 7) is 0. The molecule has 0 aliphatic heterocycles. The first-order valence-electron chi connectivity index (χ1n) is 0. The number of hydrogen-bond acceptors (Lipinski definition) is 0. The van der Waals surface area contributed by atoms with Gasteiger partial charge in [0.15, 0.2) is 0 Å². The monoisotopic (exact) mass is 735 g/mol. The fourth-order valence-corrected chi connectivity index (χ4v) is 0. The van der Waals surface area contributed by atoms with Crippen molar-refractivity contribution in [1.29, 1.82) is 0 Å². The normalized spacial score (nSPS) is 0. The van der Waals surface area contributed by atoms with Gasteiger partial charge in [-0.15, -0.1) is 0 Å². The van der Waals surface area contributed by atoms with Crippen LogP contribution in [0.5, 0.6) is 0 Å². The quantitative estimate of drug-likeness (QED) is 0.245. The summed E-state index contributed by atoms with van der Waals surface area (Å²) in [5, 5.41) is 0.